The SMILES string of the molecule is CN(CC(=O)C1CCCCC1)CC(=O)N(C)C. The van der Waals surface area contributed by atoms with Gasteiger partial charge in [0.05, 0.1) is 13.1 Å². The topological polar surface area (TPSA) is 40.6 Å². The minimum atomic E-state index is 0.0453. The van der Waals surface area contributed by atoms with Crippen LogP contribution in [0.15, 0.2) is 0 Å². The van der Waals surface area contributed by atoms with E-state index in [9.17, 15) is 9.59 Å². The van der Waals surface area contributed by atoms with Crippen LogP contribution in [0, 0.1) is 5.92 Å². The number of likely N-dealkylation sites (N-methyl/N-ethyl adjacent to an activating group) is 2. The molecule has 0 aromatic carbocycles. The van der Waals surface area contributed by atoms with Gasteiger partial charge < -0.3 is 4.90 Å². The highest BCUT2D eigenvalue weighted by Crippen LogP contribution is 2.24. The zero-order valence-electron chi connectivity index (χ0n) is 11.2. The molecule has 1 fully saturated rings. The molecule has 1 saturated carbocycles. The summed E-state index contributed by atoms with van der Waals surface area (Å²) in [5, 5.41) is 0. The molecule has 1 amide bonds. The van der Waals surface area contributed by atoms with E-state index in [-0.39, 0.29) is 11.8 Å². The van der Waals surface area contributed by atoms with Gasteiger partial charge in [0, 0.05) is 20.0 Å². The smallest absolute Gasteiger partial charge is 0.236 e. The van der Waals surface area contributed by atoms with Crippen molar-refractivity contribution in [1.82, 2.24) is 9.80 Å². The van der Waals surface area contributed by atoms with Gasteiger partial charge in [0.15, 0.2) is 0 Å². The van der Waals surface area contributed by atoms with E-state index in [1.807, 2.05) is 11.9 Å². The Morgan fingerprint density at radius 1 is 1.00 bits per heavy atom. The van der Waals surface area contributed by atoms with E-state index in [0.717, 1.165) is 12.8 Å². The number of ketones is 1. The molecule has 0 unspecified atom stereocenters. The van der Waals surface area contributed by atoms with Crippen LogP contribution in [0.4, 0.5) is 0 Å². The van der Waals surface area contributed by atoms with E-state index in [0.29, 0.717) is 18.9 Å². The molecule has 0 N–H and O–H groups in total. The van der Waals surface area contributed by atoms with Crippen LogP contribution in [0.5, 0.6) is 0 Å². The number of rotatable bonds is 5. The highest BCUT2D eigenvalue weighted by Gasteiger charge is 2.22. The summed E-state index contributed by atoms with van der Waals surface area (Å²) < 4.78 is 0. The molecule has 98 valence electrons. The van der Waals surface area contributed by atoms with Gasteiger partial charge in [-0.1, -0.05) is 19.3 Å². The van der Waals surface area contributed by atoms with E-state index in [4.69, 9.17) is 0 Å². The second kappa shape index (κ2) is 6.74. The highest BCUT2D eigenvalue weighted by atomic mass is 16.2. The van der Waals surface area contributed by atoms with E-state index >= 15 is 0 Å². The molecule has 4 heteroatoms. The van der Waals surface area contributed by atoms with Crippen LogP contribution >= 0.6 is 0 Å². The van der Waals surface area contributed by atoms with Gasteiger partial charge in [0.25, 0.3) is 0 Å². The summed E-state index contributed by atoms with van der Waals surface area (Å²) in [5.41, 5.74) is 0. The summed E-state index contributed by atoms with van der Waals surface area (Å²) in [7, 11) is 5.31. The highest BCUT2D eigenvalue weighted by molar-refractivity contribution is 5.84. The third-order valence-electron chi connectivity index (χ3n) is 3.39. The first-order valence-electron chi connectivity index (χ1n) is 6.42. The minimum absolute atomic E-state index is 0.0453. The third kappa shape index (κ3) is 4.86. The Hall–Kier alpha value is -0.900. The summed E-state index contributed by atoms with van der Waals surface area (Å²) in [4.78, 5) is 26.9. The molecule has 0 atom stereocenters. The van der Waals surface area contributed by atoms with Gasteiger partial charge in [-0.25, -0.2) is 0 Å². The minimum Gasteiger partial charge on any atom is -0.348 e. The van der Waals surface area contributed by atoms with Crippen molar-refractivity contribution in [3.8, 4) is 0 Å². The quantitative estimate of drug-likeness (QED) is 0.724. The number of amides is 1. The predicted molar refractivity (Wildman–Crippen MR) is 67.8 cm³/mol. The normalized spacial score (nSPS) is 17.2. The van der Waals surface area contributed by atoms with Crippen molar-refractivity contribution in [2.75, 3.05) is 34.2 Å². The summed E-state index contributed by atoms with van der Waals surface area (Å²) in [6, 6.07) is 0. The van der Waals surface area contributed by atoms with Crippen molar-refractivity contribution >= 4 is 11.7 Å². The zero-order valence-corrected chi connectivity index (χ0v) is 11.2. The second-order valence-corrected chi connectivity index (χ2v) is 5.26. The Morgan fingerprint density at radius 3 is 2.12 bits per heavy atom. The average molecular weight is 240 g/mol. The molecule has 4 nitrogen and oxygen atoms in total. The summed E-state index contributed by atoms with van der Waals surface area (Å²) >= 11 is 0. The van der Waals surface area contributed by atoms with Gasteiger partial charge in [-0.2, -0.15) is 0 Å². The number of hydrogen-bond donors (Lipinski definition) is 0. The van der Waals surface area contributed by atoms with E-state index in [1.165, 1.54) is 19.3 Å². The summed E-state index contributed by atoms with van der Waals surface area (Å²) in [6.07, 6.45) is 5.69. The standard InChI is InChI=1S/C13H24N2O2/c1-14(2)13(17)10-15(3)9-12(16)11-7-5-4-6-8-11/h11H,4-10H2,1-3H3. The largest absolute Gasteiger partial charge is 0.348 e. The van der Waals surface area contributed by atoms with Gasteiger partial charge in [0.2, 0.25) is 5.91 Å². The molecule has 0 spiro atoms. The van der Waals surface area contributed by atoms with Crippen molar-refractivity contribution in [3.05, 3.63) is 0 Å². The van der Waals surface area contributed by atoms with Crippen LogP contribution in [0.25, 0.3) is 0 Å². The second-order valence-electron chi connectivity index (χ2n) is 5.26. The first-order valence-corrected chi connectivity index (χ1v) is 6.42. The molecule has 0 heterocycles. The van der Waals surface area contributed by atoms with Gasteiger partial charge in [0.1, 0.15) is 5.78 Å². The number of hydrogen-bond acceptors (Lipinski definition) is 3. The van der Waals surface area contributed by atoms with Gasteiger partial charge in [-0.05, 0) is 19.9 Å². The lowest BCUT2D eigenvalue weighted by Crippen LogP contribution is -2.38. The van der Waals surface area contributed by atoms with Crippen LogP contribution in [-0.2, 0) is 9.59 Å². The Morgan fingerprint density at radius 2 is 1.59 bits per heavy atom. The van der Waals surface area contributed by atoms with Crippen molar-refractivity contribution in [3.63, 3.8) is 0 Å². The molecular formula is C13H24N2O2. The Bertz CT molecular complexity index is 271. The maximum Gasteiger partial charge on any atom is 0.236 e. The molecule has 0 radical (unpaired) electrons. The number of carbonyl (C=O) groups is 2. The molecule has 1 aliphatic carbocycles. The third-order valence-corrected chi connectivity index (χ3v) is 3.39. The first kappa shape index (κ1) is 14.2. The van der Waals surface area contributed by atoms with E-state index in [1.54, 1.807) is 19.0 Å². The summed E-state index contributed by atoms with van der Waals surface area (Å²) in [5.74, 6) is 0.586. The fraction of sp³-hybridized carbons (Fsp3) is 0.846. The first-order chi connectivity index (χ1) is 8.00. The van der Waals surface area contributed by atoms with Gasteiger partial charge in [-0.15, -0.1) is 0 Å². The maximum atomic E-state index is 12.0. The molecular weight excluding hydrogens is 216 g/mol. The van der Waals surface area contributed by atoms with Crippen molar-refractivity contribution in [1.29, 1.82) is 0 Å². The van der Waals surface area contributed by atoms with Crippen LogP contribution < -0.4 is 0 Å². The fourth-order valence-corrected chi connectivity index (χ4v) is 2.25. The molecule has 0 aromatic heterocycles. The van der Waals surface area contributed by atoms with Crippen LogP contribution in [0.2, 0.25) is 0 Å². The predicted octanol–water partition coefficient (Wildman–Crippen LogP) is 1.16. The van der Waals surface area contributed by atoms with Crippen molar-refractivity contribution < 1.29 is 9.59 Å². The monoisotopic (exact) mass is 240 g/mol. The number of Topliss-reactive ketones (excluding diaryl/α,β-unsaturated/α-hetero) is 1. The van der Waals surface area contributed by atoms with Crippen molar-refractivity contribution in [2.45, 2.75) is 32.1 Å². The zero-order chi connectivity index (χ0) is 12.8. The molecule has 0 saturated heterocycles. The molecule has 17 heavy (non-hydrogen) atoms. The summed E-state index contributed by atoms with van der Waals surface area (Å²) in [6.45, 7) is 0.732. The lowest BCUT2D eigenvalue weighted by atomic mass is 9.86. The molecule has 1 rings (SSSR count). The fourth-order valence-electron chi connectivity index (χ4n) is 2.25. The van der Waals surface area contributed by atoms with Crippen LogP contribution in [-0.4, -0.2) is 55.7 Å². The van der Waals surface area contributed by atoms with Crippen LogP contribution in [0.1, 0.15) is 32.1 Å². The Labute approximate surface area is 104 Å². The number of carbonyl (C=O) groups excluding carboxylic acids is 2. The molecule has 0 aromatic rings. The number of nitrogens with zero attached hydrogens (tertiary/aromatic N) is 2. The average Bonchev–Trinajstić information content (AvgIpc) is 2.29. The van der Waals surface area contributed by atoms with Gasteiger partial charge >= 0.3 is 0 Å². The lowest BCUT2D eigenvalue weighted by molar-refractivity contribution is -0.130. The lowest BCUT2D eigenvalue weighted by Gasteiger charge is -2.23. The molecule has 0 aliphatic heterocycles. The molecule has 1 aliphatic rings. The van der Waals surface area contributed by atoms with Crippen molar-refractivity contribution in [2.24, 2.45) is 5.92 Å². The van der Waals surface area contributed by atoms with E-state index in [2.05, 4.69) is 0 Å². The van der Waals surface area contributed by atoms with Gasteiger partial charge in [-0.3, -0.25) is 14.5 Å². The van der Waals surface area contributed by atoms with E-state index < -0.39 is 0 Å². The molecule has 0 bridgehead atoms. The Balaban J connectivity index is 2.32. The van der Waals surface area contributed by atoms with Crippen LogP contribution in [0.3, 0.4) is 0 Å². The maximum absolute atomic E-state index is 12.0. The Kier molecular flexibility index (Phi) is 5.62.